The topological polar surface area (TPSA) is 0 Å². The lowest BCUT2D eigenvalue weighted by molar-refractivity contribution is 0.582. The number of hydrogen-bond donors (Lipinski definition) is 0. The van der Waals surface area contributed by atoms with Gasteiger partial charge in [-0.2, -0.15) is 0 Å². The van der Waals surface area contributed by atoms with E-state index in [0.29, 0.717) is 0 Å². The molecule has 2 aromatic rings. The molecule has 0 nitrogen and oxygen atoms in total. The van der Waals surface area contributed by atoms with Gasteiger partial charge in [-0.15, -0.1) is 0 Å². The normalized spacial score (nSPS) is 12.7. The van der Waals surface area contributed by atoms with Crippen LogP contribution >= 0.6 is 0 Å². The zero-order valence-electron chi connectivity index (χ0n) is 17.2. The summed E-state index contributed by atoms with van der Waals surface area (Å²) in [4.78, 5) is 0. The van der Waals surface area contributed by atoms with E-state index in [9.17, 15) is 0 Å². The molecule has 0 amide bonds. The van der Waals surface area contributed by atoms with Crippen molar-refractivity contribution in [2.45, 2.75) is 90.9 Å². The van der Waals surface area contributed by atoms with Crippen LogP contribution in [0.1, 0.15) is 87.5 Å². The summed E-state index contributed by atoms with van der Waals surface area (Å²) >= 11 is 0. The second kappa shape index (κ2) is 10.1. The molecule has 1 heteroatoms. The summed E-state index contributed by atoms with van der Waals surface area (Å²) in [6.07, 6.45) is 13.9. The first-order valence-electron chi connectivity index (χ1n) is 11.2. The molecular formula is C26H35F. The fourth-order valence-electron chi connectivity index (χ4n) is 4.39. The highest BCUT2D eigenvalue weighted by Crippen LogP contribution is 2.36. The average molecular weight is 367 g/mol. The van der Waals surface area contributed by atoms with E-state index < -0.39 is 0 Å². The zero-order chi connectivity index (χ0) is 19.1. The van der Waals surface area contributed by atoms with E-state index in [-0.39, 0.29) is 5.82 Å². The van der Waals surface area contributed by atoms with Crippen molar-refractivity contribution in [3.8, 4) is 11.1 Å². The van der Waals surface area contributed by atoms with Gasteiger partial charge in [-0.3, -0.25) is 0 Å². The van der Waals surface area contributed by atoms with Gasteiger partial charge in [0.25, 0.3) is 0 Å². The molecule has 0 aliphatic heterocycles. The highest BCUT2D eigenvalue weighted by atomic mass is 19.1. The lowest BCUT2D eigenvalue weighted by Crippen LogP contribution is -2.09. The minimum atomic E-state index is 0.0641. The Hall–Kier alpha value is -1.63. The first-order valence-corrected chi connectivity index (χ1v) is 11.2. The molecule has 27 heavy (non-hydrogen) atoms. The Kier molecular flexibility index (Phi) is 7.50. The number of hydrogen-bond acceptors (Lipinski definition) is 0. The Morgan fingerprint density at radius 3 is 2.26 bits per heavy atom. The van der Waals surface area contributed by atoms with Crippen LogP contribution in [0.5, 0.6) is 0 Å². The van der Waals surface area contributed by atoms with E-state index in [4.69, 9.17) is 0 Å². The summed E-state index contributed by atoms with van der Waals surface area (Å²) in [6, 6.07) is 11.1. The maximum atomic E-state index is 15.0. The summed E-state index contributed by atoms with van der Waals surface area (Å²) < 4.78 is 15.0. The largest absolute Gasteiger partial charge is 0.206 e. The molecule has 0 N–H and O–H groups in total. The van der Waals surface area contributed by atoms with Gasteiger partial charge >= 0.3 is 0 Å². The fraction of sp³-hybridized carbons (Fsp3) is 0.538. The number of unbranched alkanes of at least 4 members (excludes halogenated alkanes) is 6. The van der Waals surface area contributed by atoms with Crippen LogP contribution in [0.4, 0.5) is 4.39 Å². The molecule has 0 heterocycles. The minimum Gasteiger partial charge on any atom is -0.206 e. The first kappa shape index (κ1) is 20.1. The number of aryl methyl sites for hydroxylation is 3. The van der Waals surface area contributed by atoms with Gasteiger partial charge in [0, 0.05) is 0 Å². The molecule has 146 valence electrons. The summed E-state index contributed by atoms with van der Waals surface area (Å²) in [5.74, 6) is 0.0641. The Morgan fingerprint density at radius 1 is 0.741 bits per heavy atom. The van der Waals surface area contributed by atoms with Gasteiger partial charge in [0.05, 0.1) is 0 Å². The van der Waals surface area contributed by atoms with Crippen molar-refractivity contribution in [3.63, 3.8) is 0 Å². The maximum absolute atomic E-state index is 15.0. The predicted octanol–water partition coefficient (Wildman–Crippen LogP) is 7.84. The van der Waals surface area contributed by atoms with Gasteiger partial charge < -0.3 is 0 Å². The number of rotatable bonds is 10. The minimum absolute atomic E-state index is 0.0641. The highest BCUT2D eigenvalue weighted by molar-refractivity contribution is 5.74. The van der Waals surface area contributed by atoms with Crippen LogP contribution in [0.15, 0.2) is 30.3 Å². The van der Waals surface area contributed by atoms with Crippen LogP contribution in [-0.4, -0.2) is 0 Å². The third-order valence-corrected chi connectivity index (χ3v) is 6.05. The van der Waals surface area contributed by atoms with Crippen LogP contribution in [0, 0.1) is 5.82 Å². The SMILES string of the molecule is CCCCCCCc1ccc2c(c1)CCc1c-2ccc(CCCCC)c1F. The molecular weight excluding hydrogens is 331 g/mol. The molecule has 0 fully saturated rings. The van der Waals surface area contributed by atoms with Crippen molar-refractivity contribution >= 4 is 0 Å². The van der Waals surface area contributed by atoms with Crippen LogP contribution in [0.2, 0.25) is 0 Å². The molecule has 2 aromatic carbocycles. The standard InChI is InChI=1S/C26H35F/c1-3-5-7-8-10-11-20-13-16-23-22(19-20)15-18-25-24(23)17-14-21(26(25)27)12-9-6-4-2/h13-14,16-17,19H,3-12,15,18H2,1-2H3. The van der Waals surface area contributed by atoms with E-state index in [1.807, 2.05) is 6.07 Å². The molecule has 0 bridgehead atoms. The van der Waals surface area contributed by atoms with Crippen molar-refractivity contribution in [2.75, 3.05) is 0 Å². The summed E-state index contributed by atoms with van der Waals surface area (Å²) in [5.41, 5.74) is 7.10. The van der Waals surface area contributed by atoms with Gasteiger partial charge in [0.2, 0.25) is 0 Å². The second-order valence-electron chi connectivity index (χ2n) is 8.18. The van der Waals surface area contributed by atoms with Crippen LogP contribution in [0.25, 0.3) is 11.1 Å². The third kappa shape index (κ3) is 5.00. The average Bonchev–Trinajstić information content (AvgIpc) is 2.69. The Balaban J connectivity index is 1.71. The smallest absolute Gasteiger partial charge is 0.130 e. The van der Waals surface area contributed by atoms with Gasteiger partial charge in [-0.25, -0.2) is 4.39 Å². The molecule has 1 aliphatic carbocycles. The first-order chi connectivity index (χ1) is 13.2. The second-order valence-corrected chi connectivity index (χ2v) is 8.18. The summed E-state index contributed by atoms with van der Waals surface area (Å²) in [7, 11) is 0. The molecule has 0 atom stereocenters. The lowest BCUT2D eigenvalue weighted by Gasteiger charge is -2.22. The monoisotopic (exact) mass is 366 g/mol. The number of halogens is 1. The van der Waals surface area contributed by atoms with E-state index >= 15 is 4.39 Å². The van der Waals surface area contributed by atoms with Crippen LogP contribution in [0.3, 0.4) is 0 Å². The predicted molar refractivity (Wildman–Crippen MR) is 115 cm³/mol. The van der Waals surface area contributed by atoms with Gasteiger partial charge in [-0.05, 0) is 71.9 Å². The molecule has 0 saturated heterocycles. The van der Waals surface area contributed by atoms with Crippen molar-refractivity contribution in [1.82, 2.24) is 0 Å². The van der Waals surface area contributed by atoms with Crippen LogP contribution < -0.4 is 0 Å². The van der Waals surface area contributed by atoms with Gasteiger partial charge in [0.1, 0.15) is 5.82 Å². The third-order valence-electron chi connectivity index (χ3n) is 6.05. The molecule has 0 aromatic heterocycles. The summed E-state index contributed by atoms with van der Waals surface area (Å²) in [6.45, 7) is 4.46. The number of benzene rings is 2. The van der Waals surface area contributed by atoms with Crippen molar-refractivity contribution in [2.24, 2.45) is 0 Å². The van der Waals surface area contributed by atoms with Crippen molar-refractivity contribution in [3.05, 3.63) is 58.4 Å². The Morgan fingerprint density at radius 2 is 1.44 bits per heavy atom. The van der Waals surface area contributed by atoms with Crippen molar-refractivity contribution < 1.29 is 4.39 Å². The van der Waals surface area contributed by atoms with E-state index in [2.05, 4.69) is 38.1 Å². The zero-order valence-corrected chi connectivity index (χ0v) is 17.2. The molecule has 3 rings (SSSR count). The fourth-order valence-corrected chi connectivity index (χ4v) is 4.39. The Bertz CT molecular complexity index is 744. The molecule has 0 saturated carbocycles. The van der Waals surface area contributed by atoms with Gasteiger partial charge in [0.15, 0.2) is 0 Å². The van der Waals surface area contributed by atoms with E-state index in [1.165, 1.54) is 68.1 Å². The maximum Gasteiger partial charge on any atom is 0.130 e. The van der Waals surface area contributed by atoms with Gasteiger partial charge in [-0.1, -0.05) is 82.7 Å². The summed E-state index contributed by atoms with van der Waals surface area (Å²) in [5, 5.41) is 0. The van der Waals surface area contributed by atoms with E-state index in [1.54, 1.807) is 0 Å². The number of fused-ring (bicyclic) bond motifs is 3. The Labute approximate surface area is 165 Å². The molecule has 1 aliphatic rings. The highest BCUT2D eigenvalue weighted by Gasteiger charge is 2.21. The van der Waals surface area contributed by atoms with E-state index in [0.717, 1.165) is 42.4 Å². The molecule has 0 spiro atoms. The quantitative estimate of drug-likeness (QED) is 0.376. The van der Waals surface area contributed by atoms with Crippen molar-refractivity contribution in [1.29, 1.82) is 0 Å². The molecule has 0 unspecified atom stereocenters. The van der Waals surface area contributed by atoms with Crippen LogP contribution in [-0.2, 0) is 25.7 Å². The molecule has 0 radical (unpaired) electrons. The lowest BCUT2D eigenvalue weighted by atomic mass is 9.83.